The zero-order valence-corrected chi connectivity index (χ0v) is 22.2. The first-order valence-electron chi connectivity index (χ1n) is 13.7. The second-order valence-electron chi connectivity index (χ2n) is 10.2. The molecule has 7 heteroatoms. The molecule has 202 valence electrons. The third kappa shape index (κ3) is 6.48. The van der Waals surface area contributed by atoms with Gasteiger partial charge in [-0.05, 0) is 55.7 Å². The standard InChI is InChI=1S/C32H34N2O5/c1-22-28(33-31(39-22)25-10-6-3-7-11-25)17-19-38-27-14-12-23(13-15-27)20-29(32(36)37)34-18-16-26(21-34)30(35)24-8-4-2-5-9-24/h3,6-7,10-16,18,21,24,29H,2,4-5,8-9,17,19-20H2,1H3,(H,36,37)/t29-/m0/s1. The number of carbonyl (C=O) groups excluding carboxylic acids is 1. The molecular formula is C32H34N2O5. The summed E-state index contributed by atoms with van der Waals surface area (Å²) < 4.78 is 13.4. The van der Waals surface area contributed by atoms with E-state index < -0.39 is 12.0 Å². The lowest BCUT2D eigenvalue weighted by molar-refractivity contribution is -0.140. The second-order valence-corrected chi connectivity index (χ2v) is 10.2. The fraction of sp³-hybridized carbons (Fsp3) is 0.344. The van der Waals surface area contributed by atoms with Crippen LogP contribution in [0.2, 0.25) is 0 Å². The number of hydrogen-bond acceptors (Lipinski definition) is 5. The van der Waals surface area contributed by atoms with Crippen LogP contribution in [0.15, 0.2) is 77.5 Å². The number of aryl methyl sites for hydroxylation is 1. The molecule has 0 amide bonds. The first kappa shape index (κ1) is 26.5. The first-order valence-corrected chi connectivity index (χ1v) is 13.7. The molecule has 2 aromatic carbocycles. The molecule has 0 unspecified atom stereocenters. The van der Waals surface area contributed by atoms with Gasteiger partial charge in [-0.1, -0.05) is 49.6 Å². The minimum absolute atomic E-state index is 0.0598. The quantitative estimate of drug-likeness (QED) is 0.218. The van der Waals surface area contributed by atoms with E-state index >= 15 is 0 Å². The molecule has 1 aliphatic carbocycles. The lowest BCUT2D eigenvalue weighted by Gasteiger charge is -2.19. The molecule has 4 aromatic rings. The van der Waals surface area contributed by atoms with Crippen LogP contribution >= 0.6 is 0 Å². The molecule has 1 atom stereocenters. The molecule has 1 N–H and O–H groups in total. The van der Waals surface area contributed by atoms with Crippen molar-refractivity contribution in [1.29, 1.82) is 0 Å². The highest BCUT2D eigenvalue weighted by Crippen LogP contribution is 2.28. The number of carboxylic acid groups (broad SMARTS) is 1. The molecule has 0 saturated heterocycles. The normalized spacial score (nSPS) is 14.7. The van der Waals surface area contributed by atoms with Crippen molar-refractivity contribution in [2.75, 3.05) is 6.61 Å². The highest BCUT2D eigenvalue weighted by atomic mass is 16.5. The number of carbonyl (C=O) groups is 2. The number of aliphatic carboxylic acids is 1. The lowest BCUT2D eigenvalue weighted by Crippen LogP contribution is -2.21. The number of carboxylic acids is 1. The van der Waals surface area contributed by atoms with Gasteiger partial charge in [-0.25, -0.2) is 9.78 Å². The molecule has 0 spiro atoms. The van der Waals surface area contributed by atoms with Gasteiger partial charge >= 0.3 is 5.97 Å². The van der Waals surface area contributed by atoms with Crippen molar-refractivity contribution >= 4 is 11.8 Å². The first-order chi connectivity index (χ1) is 19.0. The van der Waals surface area contributed by atoms with Gasteiger partial charge in [-0.3, -0.25) is 4.79 Å². The van der Waals surface area contributed by atoms with Crippen LogP contribution in [0.5, 0.6) is 5.75 Å². The fourth-order valence-electron chi connectivity index (χ4n) is 5.25. The van der Waals surface area contributed by atoms with E-state index in [2.05, 4.69) is 4.98 Å². The highest BCUT2D eigenvalue weighted by Gasteiger charge is 2.25. The highest BCUT2D eigenvalue weighted by molar-refractivity contribution is 5.97. The van der Waals surface area contributed by atoms with E-state index in [9.17, 15) is 14.7 Å². The van der Waals surface area contributed by atoms with Gasteiger partial charge in [0.2, 0.25) is 5.89 Å². The Morgan fingerprint density at radius 1 is 1.05 bits per heavy atom. The average Bonchev–Trinajstić information content (AvgIpc) is 3.60. The van der Waals surface area contributed by atoms with Crippen molar-refractivity contribution in [2.24, 2.45) is 5.92 Å². The number of benzene rings is 2. The second kappa shape index (κ2) is 12.2. The van der Waals surface area contributed by atoms with Gasteiger partial charge in [0.05, 0.1) is 12.3 Å². The molecule has 2 heterocycles. The summed E-state index contributed by atoms with van der Waals surface area (Å²) in [4.78, 5) is 29.6. The van der Waals surface area contributed by atoms with Crippen molar-refractivity contribution in [2.45, 2.75) is 57.9 Å². The van der Waals surface area contributed by atoms with Crippen LogP contribution in [0.4, 0.5) is 0 Å². The summed E-state index contributed by atoms with van der Waals surface area (Å²) in [6, 6.07) is 18.2. The van der Waals surface area contributed by atoms with E-state index in [0.717, 1.165) is 48.3 Å². The van der Waals surface area contributed by atoms with Gasteiger partial charge in [0.1, 0.15) is 17.6 Å². The lowest BCUT2D eigenvalue weighted by atomic mass is 9.84. The monoisotopic (exact) mass is 526 g/mol. The van der Waals surface area contributed by atoms with Gasteiger partial charge < -0.3 is 18.8 Å². The van der Waals surface area contributed by atoms with Crippen LogP contribution in [-0.4, -0.2) is 33.0 Å². The molecule has 0 radical (unpaired) electrons. The molecule has 5 rings (SSSR count). The van der Waals surface area contributed by atoms with Crippen molar-refractivity contribution in [3.8, 4) is 17.2 Å². The van der Waals surface area contributed by atoms with Crippen LogP contribution in [0, 0.1) is 12.8 Å². The zero-order chi connectivity index (χ0) is 27.2. The molecule has 39 heavy (non-hydrogen) atoms. The van der Waals surface area contributed by atoms with Crippen molar-refractivity contribution in [1.82, 2.24) is 9.55 Å². The number of ketones is 1. The summed E-state index contributed by atoms with van der Waals surface area (Å²) in [5.41, 5.74) is 3.29. The molecule has 1 fully saturated rings. The number of nitrogens with zero attached hydrogens (tertiary/aromatic N) is 2. The predicted molar refractivity (Wildman–Crippen MR) is 148 cm³/mol. The van der Waals surface area contributed by atoms with Gasteiger partial charge in [-0.2, -0.15) is 0 Å². The van der Waals surface area contributed by atoms with E-state index in [-0.39, 0.29) is 11.7 Å². The summed E-state index contributed by atoms with van der Waals surface area (Å²) in [5, 5.41) is 9.92. The molecule has 2 aromatic heterocycles. The van der Waals surface area contributed by atoms with E-state index in [1.807, 2.05) is 61.5 Å². The minimum Gasteiger partial charge on any atom is -0.493 e. The minimum atomic E-state index is -0.930. The Kier molecular flexibility index (Phi) is 8.25. The third-order valence-electron chi connectivity index (χ3n) is 7.49. The van der Waals surface area contributed by atoms with Crippen molar-refractivity contribution in [3.05, 3.63) is 95.6 Å². The maximum absolute atomic E-state index is 12.9. The molecule has 0 aliphatic heterocycles. The molecule has 1 aliphatic rings. The van der Waals surface area contributed by atoms with Gasteiger partial charge in [0, 0.05) is 42.3 Å². The fourth-order valence-corrected chi connectivity index (χ4v) is 5.25. The Labute approximate surface area is 228 Å². The summed E-state index contributed by atoms with van der Waals surface area (Å²) in [7, 11) is 0. The topological polar surface area (TPSA) is 94.6 Å². The van der Waals surface area contributed by atoms with Crippen LogP contribution in [0.3, 0.4) is 0 Å². The number of ether oxygens (including phenoxy) is 1. The number of oxazole rings is 1. The van der Waals surface area contributed by atoms with Crippen LogP contribution in [0.1, 0.15) is 65.5 Å². The average molecular weight is 527 g/mol. The van der Waals surface area contributed by atoms with Gasteiger partial charge in [0.25, 0.3) is 0 Å². The smallest absolute Gasteiger partial charge is 0.327 e. The number of Topliss-reactive ketones (excluding diaryl/α,β-unsaturated/α-hetero) is 1. The Hall–Kier alpha value is -4.13. The molecular weight excluding hydrogens is 492 g/mol. The van der Waals surface area contributed by atoms with Crippen LogP contribution in [-0.2, 0) is 17.6 Å². The summed E-state index contributed by atoms with van der Waals surface area (Å²) in [5.74, 6) is 1.35. The zero-order valence-electron chi connectivity index (χ0n) is 22.2. The molecule has 7 nitrogen and oxygen atoms in total. The Morgan fingerprint density at radius 2 is 1.79 bits per heavy atom. The third-order valence-corrected chi connectivity index (χ3v) is 7.49. The van der Waals surface area contributed by atoms with Gasteiger partial charge in [0.15, 0.2) is 5.78 Å². The summed E-state index contributed by atoms with van der Waals surface area (Å²) >= 11 is 0. The van der Waals surface area contributed by atoms with Crippen LogP contribution in [0.25, 0.3) is 11.5 Å². The number of hydrogen-bond donors (Lipinski definition) is 1. The maximum Gasteiger partial charge on any atom is 0.327 e. The number of aromatic nitrogens is 2. The largest absolute Gasteiger partial charge is 0.493 e. The Bertz CT molecular complexity index is 1400. The summed E-state index contributed by atoms with van der Waals surface area (Å²) in [6.45, 7) is 2.35. The van der Waals surface area contributed by atoms with Gasteiger partial charge in [-0.15, -0.1) is 0 Å². The predicted octanol–water partition coefficient (Wildman–Crippen LogP) is 6.70. The SMILES string of the molecule is Cc1oc(-c2ccccc2)nc1CCOc1ccc(C[C@@H](C(=O)O)n2ccc(C(=O)C3CCCCC3)c2)cc1. The molecule has 0 bridgehead atoms. The number of rotatable bonds is 11. The van der Waals surface area contributed by atoms with E-state index in [0.29, 0.717) is 36.7 Å². The summed E-state index contributed by atoms with van der Waals surface area (Å²) in [6.07, 6.45) is 9.53. The van der Waals surface area contributed by atoms with Crippen molar-refractivity contribution < 1.29 is 23.8 Å². The Balaban J connectivity index is 1.16. The molecule has 1 saturated carbocycles. The van der Waals surface area contributed by atoms with Crippen LogP contribution < -0.4 is 4.74 Å². The maximum atomic E-state index is 12.9. The van der Waals surface area contributed by atoms with E-state index in [4.69, 9.17) is 9.15 Å². The Morgan fingerprint density at radius 3 is 2.51 bits per heavy atom. The van der Waals surface area contributed by atoms with E-state index in [1.165, 1.54) is 6.42 Å². The van der Waals surface area contributed by atoms with Crippen molar-refractivity contribution in [3.63, 3.8) is 0 Å². The van der Waals surface area contributed by atoms with E-state index in [1.54, 1.807) is 23.0 Å².